The molecule has 1 rings (SSSR count). The second-order valence-corrected chi connectivity index (χ2v) is 9.61. The van der Waals surface area contributed by atoms with Crippen LogP contribution in [0, 0.1) is 5.92 Å². The number of nitrogens with zero attached hydrogens (tertiary/aromatic N) is 1. The van der Waals surface area contributed by atoms with Gasteiger partial charge >= 0.3 is 0 Å². The van der Waals surface area contributed by atoms with Gasteiger partial charge in [0.2, 0.25) is 0 Å². The molecule has 0 aromatic heterocycles. The average Bonchev–Trinajstić information content (AvgIpc) is 2.10. The van der Waals surface area contributed by atoms with Gasteiger partial charge in [0.05, 0.1) is 10.5 Å². The molecule has 5 heteroatoms. The van der Waals surface area contributed by atoms with E-state index in [1.165, 1.54) is 0 Å². The van der Waals surface area contributed by atoms with Crippen LogP contribution in [0.4, 0.5) is 0 Å². The second kappa shape index (κ2) is 5.45. The van der Waals surface area contributed by atoms with Gasteiger partial charge in [-0.25, -0.2) is 8.42 Å². The van der Waals surface area contributed by atoms with Crippen molar-refractivity contribution in [2.75, 3.05) is 25.9 Å². The highest BCUT2D eigenvalue weighted by atomic mass is 35.5. The van der Waals surface area contributed by atoms with Gasteiger partial charge in [-0.15, -0.1) is 11.6 Å². The normalized spacial score (nSPS) is 26.0. The zero-order chi connectivity index (χ0) is 13.3. The maximum absolute atomic E-state index is 11.9. The molecule has 1 aliphatic carbocycles. The molecule has 0 aromatic rings. The van der Waals surface area contributed by atoms with Crippen LogP contribution in [0.2, 0.25) is 0 Å². The first-order chi connectivity index (χ1) is 7.62. The number of halogens is 1. The third-order valence-electron chi connectivity index (χ3n) is 3.42. The summed E-state index contributed by atoms with van der Waals surface area (Å²) in [6, 6.07) is 0. The monoisotopic (exact) mass is 281 g/mol. The maximum atomic E-state index is 11.9. The third kappa shape index (κ3) is 4.42. The summed E-state index contributed by atoms with van der Waals surface area (Å²) in [5, 5.41) is 0.340. The van der Waals surface area contributed by atoms with E-state index in [0.717, 1.165) is 19.4 Å². The lowest BCUT2D eigenvalue weighted by Crippen LogP contribution is -2.39. The lowest BCUT2D eigenvalue weighted by Gasteiger charge is -2.34. The van der Waals surface area contributed by atoms with Gasteiger partial charge in [0.1, 0.15) is 0 Å². The molecule has 102 valence electrons. The van der Waals surface area contributed by atoms with Crippen LogP contribution in [0.3, 0.4) is 0 Å². The molecule has 0 saturated heterocycles. The van der Waals surface area contributed by atoms with Crippen LogP contribution in [0.15, 0.2) is 0 Å². The molecule has 0 heterocycles. The van der Waals surface area contributed by atoms with E-state index in [1.54, 1.807) is 20.8 Å². The Hall–Kier alpha value is 0.200. The number of sulfone groups is 1. The predicted molar refractivity (Wildman–Crippen MR) is 73.4 cm³/mol. The lowest BCUT2D eigenvalue weighted by atomic mass is 9.84. The van der Waals surface area contributed by atoms with Crippen molar-refractivity contribution in [2.45, 2.75) is 43.7 Å². The van der Waals surface area contributed by atoms with Gasteiger partial charge in [0.15, 0.2) is 9.84 Å². The summed E-state index contributed by atoms with van der Waals surface area (Å²) in [6.07, 6.45) is 2.13. The van der Waals surface area contributed by atoms with E-state index >= 15 is 0 Å². The summed E-state index contributed by atoms with van der Waals surface area (Å²) < 4.78 is 23.2. The van der Waals surface area contributed by atoms with E-state index in [9.17, 15) is 8.42 Å². The van der Waals surface area contributed by atoms with Crippen molar-refractivity contribution in [3.63, 3.8) is 0 Å². The molecule has 0 bridgehead atoms. The molecule has 0 radical (unpaired) electrons. The molecule has 0 N–H and O–H groups in total. The Morgan fingerprint density at radius 2 is 1.82 bits per heavy atom. The van der Waals surface area contributed by atoms with E-state index in [2.05, 4.69) is 4.90 Å². The van der Waals surface area contributed by atoms with Crippen LogP contribution in [0.1, 0.15) is 33.6 Å². The molecule has 0 atom stereocenters. The first-order valence-electron chi connectivity index (χ1n) is 6.17. The number of hydrogen-bond acceptors (Lipinski definition) is 3. The van der Waals surface area contributed by atoms with Crippen molar-refractivity contribution < 1.29 is 8.42 Å². The Morgan fingerprint density at radius 3 is 2.24 bits per heavy atom. The van der Waals surface area contributed by atoms with Gasteiger partial charge in [-0.1, -0.05) is 0 Å². The molecular weight excluding hydrogens is 258 g/mol. The van der Waals surface area contributed by atoms with Gasteiger partial charge < -0.3 is 4.90 Å². The molecular formula is C12H24ClNO2S. The number of rotatable bonds is 5. The van der Waals surface area contributed by atoms with E-state index in [1.807, 2.05) is 7.05 Å². The predicted octanol–water partition coefficient (Wildman–Crippen LogP) is 2.15. The molecule has 1 saturated carbocycles. The molecule has 0 spiro atoms. The fourth-order valence-electron chi connectivity index (χ4n) is 1.92. The number of hydrogen-bond donors (Lipinski definition) is 0. The minimum absolute atomic E-state index is 0.240. The van der Waals surface area contributed by atoms with E-state index in [-0.39, 0.29) is 5.75 Å². The second-order valence-electron chi connectivity index (χ2n) is 6.13. The Balaban J connectivity index is 2.31. The fourth-order valence-corrected chi connectivity index (χ4v) is 3.59. The highest BCUT2D eigenvalue weighted by molar-refractivity contribution is 7.92. The molecule has 0 aliphatic heterocycles. The summed E-state index contributed by atoms with van der Waals surface area (Å²) in [4.78, 5) is 2.11. The largest absolute Gasteiger partial charge is 0.305 e. The van der Waals surface area contributed by atoms with E-state index in [4.69, 9.17) is 11.6 Å². The summed E-state index contributed by atoms with van der Waals surface area (Å²) in [5.74, 6) is 0.893. The first kappa shape index (κ1) is 15.3. The molecule has 0 aromatic carbocycles. The zero-order valence-corrected chi connectivity index (χ0v) is 12.8. The van der Waals surface area contributed by atoms with Crippen LogP contribution >= 0.6 is 11.6 Å². The maximum Gasteiger partial charge on any atom is 0.156 e. The van der Waals surface area contributed by atoms with Crippen LogP contribution in [0.25, 0.3) is 0 Å². The Morgan fingerprint density at radius 1 is 1.29 bits per heavy atom. The summed E-state index contributed by atoms with van der Waals surface area (Å²) >= 11 is 5.92. The van der Waals surface area contributed by atoms with Crippen molar-refractivity contribution in [3.8, 4) is 0 Å². The van der Waals surface area contributed by atoms with Gasteiger partial charge in [-0.3, -0.25) is 0 Å². The first-order valence-corrected chi connectivity index (χ1v) is 8.25. The van der Waals surface area contributed by atoms with Crippen LogP contribution in [-0.4, -0.2) is 49.3 Å². The molecule has 17 heavy (non-hydrogen) atoms. The smallest absolute Gasteiger partial charge is 0.156 e. The van der Waals surface area contributed by atoms with Crippen molar-refractivity contribution >= 4 is 21.4 Å². The SMILES string of the molecule is CN(CCS(=O)(=O)C(C)(C)C)CC1CC(Cl)C1. The van der Waals surface area contributed by atoms with Gasteiger partial charge in [-0.05, 0) is 46.6 Å². The average molecular weight is 282 g/mol. The van der Waals surface area contributed by atoms with Gasteiger partial charge in [0.25, 0.3) is 0 Å². The molecule has 1 fully saturated rings. The summed E-state index contributed by atoms with van der Waals surface area (Å²) in [6.45, 7) is 6.84. The third-order valence-corrected chi connectivity index (χ3v) is 6.37. The summed E-state index contributed by atoms with van der Waals surface area (Å²) in [7, 11) is -1.01. The minimum Gasteiger partial charge on any atom is -0.305 e. The Kier molecular flexibility index (Phi) is 4.89. The molecule has 0 amide bonds. The van der Waals surface area contributed by atoms with E-state index < -0.39 is 14.6 Å². The Labute approximate surface area is 110 Å². The minimum atomic E-state index is -3.00. The van der Waals surface area contributed by atoms with Crippen molar-refractivity contribution in [3.05, 3.63) is 0 Å². The van der Waals surface area contributed by atoms with E-state index in [0.29, 0.717) is 17.8 Å². The van der Waals surface area contributed by atoms with Gasteiger partial charge in [0, 0.05) is 18.5 Å². The van der Waals surface area contributed by atoms with Crippen LogP contribution in [0.5, 0.6) is 0 Å². The fraction of sp³-hybridized carbons (Fsp3) is 1.00. The standard InChI is InChI=1S/C12H24ClNO2S/c1-12(2,3)17(15,16)6-5-14(4)9-10-7-11(13)8-10/h10-11H,5-9H2,1-4H3. The van der Waals surface area contributed by atoms with Gasteiger partial charge in [-0.2, -0.15) is 0 Å². The quantitative estimate of drug-likeness (QED) is 0.725. The topological polar surface area (TPSA) is 37.4 Å². The Bertz CT molecular complexity index is 342. The summed E-state index contributed by atoms with van der Waals surface area (Å²) in [5.41, 5.74) is 0. The van der Waals surface area contributed by atoms with Crippen molar-refractivity contribution in [2.24, 2.45) is 5.92 Å². The van der Waals surface area contributed by atoms with Crippen molar-refractivity contribution in [1.29, 1.82) is 0 Å². The van der Waals surface area contributed by atoms with Crippen LogP contribution in [-0.2, 0) is 9.84 Å². The molecule has 1 aliphatic rings. The zero-order valence-electron chi connectivity index (χ0n) is 11.2. The molecule has 0 unspecified atom stereocenters. The lowest BCUT2D eigenvalue weighted by molar-refractivity contribution is 0.216. The highest BCUT2D eigenvalue weighted by Crippen LogP contribution is 2.32. The number of alkyl halides is 1. The van der Waals surface area contributed by atoms with Crippen LogP contribution < -0.4 is 0 Å². The molecule has 3 nitrogen and oxygen atoms in total. The highest BCUT2D eigenvalue weighted by Gasteiger charge is 2.30. The van der Waals surface area contributed by atoms with Crippen molar-refractivity contribution in [1.82, 2.24) is 4.90 Å².